The minimum Gasteiger partial charge on any atom is -0.419 e. The van der Waals surface area contributed by atoms with Gasteiger partial charge in [0.1, 0.15) is 5.69 Å². The van der Waals surface area contributed by atoms with Crippen molar-refractivity contribution in [2.45, 2.75) is 13.3 Å². The van der Waals surface area contributed by atoms with Gasteiger partial charge >= 0.3 is 0 Å². The second kappa shape index (κ2) is 6.31. The average molecular weight is 343 g/mol. The van der Waals surface area contributed by atoms with Gasteiger partial charge in [0.05, 0.1) is 22.5 Å². The van der Waals surface area contributed by atoms with Gasteiger partial charge < -0.3 is 14.8 Å². The molecule has 0 amide bonds. The molecule has 2 N–H and O–H groups in total. The number of hydrogen-bond acceptors (Lipinski definition) is 7. The lowest BCUT2D eigenvalue weighted by atomic mass is 10.3. The van der Waals surface area contributed by atoms with Crippen molar-refractivity contribution in [3.05, 3.63) is 35.9 Å². The molecule has 0 spiro atoms. The van der Waals surface area contributed by atoms with Gasteiger partial charge in [-0.15, -0.1) is 10.2 Å². The van der Waals surface area contributed by atoms with E-state index in [9.17, 15) is 0 Å². The van der Waals surface area contributed by atoms with Crippen LogP contribution in [-0.2, 0) is 6.42 Å². The molecule has 0 atom stereocenters. The molecule has 124 valence electrons. The Labute approximate surface area is 142 Å². The van der Waals surface area contributed by atoms with E-state index in [0.29, 0.717) is 31.3 Å². The maximum absolute atomic E-state index is 8.77. The van der Waals surface area contributed by atoms with E-state index in [-0.39, 0.29) is 6.61 Å². The zero-order valence-electron chi connectivity index (χ0n) is 13.2. The van der Waals surface area contributed by atoms with Crippen LogP contribution in [0.3, 0.4) is 0 Å². The maximum Gasteiger partial charge on any atom is 0.266 e. The molecule has 0 bridgehead atoms. The van der Waals surface area contributed by atoms with E-state index >= 15 is 0 Å². The van der Waals surface area contributed by atoms with E-state index in [4.69, 9.17) is 9.52 Å². The van der Waals surface area contributed by atoms with Crippen LogP contribution in [-0.4, -0.2) is 44.4 Å². The molecule has 0 aliphatic heterocycles. The fourth-order valence-electron chi connectivity index (χ4n) is 2.72. The number of aryl methyl sites for hydroxylation is 1. The molecule has 0 saturated carbocycles. The summed E-state index contributed by atoms with van der Waals surface area (Å²) in [6.07, 6.45) is 0.623. The molecule has 1 aromatic carbocycles. The smallest absolute Gasteiger partial charge is 0.266 e. The average Bonchev–Trinajstić information content (AvgIpc) is 3.25. The number of imidazole rings is 1. The lowest BCUT2D eigenvalue weighted by Gasteiger charge is -1.99. The van der Waals surface area contributed by atoms with Crippen molar-refractivity contribution in [3.8, 4) is 11.6 Å². The number of para-hydroxylation sites is 1. The molecular formula is C16H17N5O2S. The van der Waals surface area contributed by atoms with E-state index in [1.807, 2.05) is 19.1 Å². The zero-order chi connectivity index (χ0) is 16.5. The van der Waals surface area contributed by atoms with Crippen molar-refractivity contribution in [2.75, 3.05) is 19.7 Å². The lowest BCUT2D eigenvalue weighted by Crippen LogP contribution is -2.20. The van der Waals surface area contributed by atoms with E-state index < -0.39 is 0 Å². The SMILES string of the molecule is Cc1nc2sc3ccccc3n2c1-c1nnc(CCNCCO)o1. The predicted molar refractivity (Wildman–Crippen MR) is 92.3 cm³/mol. The predicted octanol–water partition coefficient (Wildman–Crippen LogP) is 2.03. The Morgan fingerprint density at radius 3 is 3.00 bits per heavy atom. The number of benzene rings is 1. The van der Waals surface area contributed by atoms with Gasteiger partial charge in [-0.3, -0.25) is 4.40 Å². The van der Waals surface area contributed by atoms with Crippen molar-refractivity contribution in [1.29, 1.82) is 0 Å². The van der Waals surface area contributed by atoms with Gasteiger partial charge in [-0.1, -0.05) is 23.5 Å². The molecule has 0 fully saturated rings. The topological polar surface area (TPSA) is 88.5 Å². The molecule has 0 radical (unpaired) electrons. The Morgan fingerprint density at radius 1 is 1.25 bits per heavy atom. The van der Waals surface area contributed by atoms with Crippen molar-refractivity contribution in [3.63, 3.8) is 0 Å². The van der Waals surface area contributed by atoms with Gasteiger partial charge in [0, 0.05) is 19.5 Å². The van der Waals surface area contributed by atoms with Gasteiger partial charge in [0.25, 0.3) is 5.89 Å². The number of nitrogens with zero attached hydrogens (tertiary/aromatic N) is 4. The molecule has 4 aromatic rings. The van der Waals surface area contributed by atoms with Crippen LogP contribution in [0.4, 0.5) is 0 Å². The summed E-state index contributed by atoms with van der Waals surface area (Å²) in [5, 5.41) is 20.2. The highest BCUT2D eigenvalue weighted by Gasteiger charge is 2.20. The number of hydrogen-bond donors (Lipinski definition) is 2. The highest BCUT2D eigenvalue weighted by atomic mass is 32.1. The van der Waals surface area contributed by atoms with Crippen LogP contribution < -0.4 is 5.32 Å². The maximum atomic E-state index is 8.77. The van der Waals surface area contributed by atoms with E-state index in [2.05, 4.69) is 37.0 Å². The van der Waals surface area contributed by atoms with Gasteiger partial charge in [0.15, 0.2) is 4.96 Å². The van der Waals surface area contributed by atoms with Crippen molar-refractivity contribution in [2.24, 2.45) is 0 Å². The molecular weight excluding hydrogens is 326 g/mol. The van der Waals surface area contributed by atoms with Crippen LogP contribution in [0.1, 0.15) is 11.6 Å². The van der Waals surface area contributed by atoms with Gasteiger partial charge in [0.2, 0.25) is 5.89 Å². The molecule has 0 aliphatic rings. The highest BCUT2D eigenvalue weighted by molar-refractivity contribution is 7.23. The minimum atomic E-state index is 0.118. The first-order chi connectivity index (χ1) is 11.8. The minimum absolute atomic E-state index is 0.118. The monoisotopic (exact) mass is 343 g/mol. The van der Waals surface area contributed by atoms with Crippen molar-refractivity contribution >= 4 is 26.5 Å². The Balaban J connectivity index is 1.71. The van der Waals surface area contributed by atoms with E-state index in [0.717, 1.165) is 21.9 Å². The van der Waals surface area contributed by atoms with E-state index in [1.54, 1.807) is 11.3 Å². The quantitative estimate of drug-likeness (QED) is 0.521. The molecule has 4 rings (SSSR count). The molecule has 3 heterocycles. The van der Waals surface area contributed by atoms with Crippen molar-refractivity contribution < 1.29 is 9.52 Å². The van der Waals surface area contributed by atoms with Crippen LogP contribution >= 0.6 is 11.3 Å². The second-order valence-corrected chi connectivity index (χ2v) is 6.47. The summed E-state index contributed by atoms with van der Waals surface area (Å²) in [7, 11) is 0. The third-order valence-electron chi connectivity index (χ3n) is 3.80. The molecule has 3 aromatic heterocycles. The number of fused-ring (bicyclic) bond motifs is 3. The molecule has 0 saturated heterocycles. The summed E-state index contributed by atoms with van der Waals surface area (Å²) in [6.45, 7) is 3.32. The Morgan fingerprint density at radius 2 is 2.12 bits per heavy atom. The summed E-state index contributed by atoms with van der Waals surface area (Å²) in [5.74, 6) is 1.06. The summed E-state index contributed by atoms with van der Waals surface area (Å²) in [6, 6.07) is 8.19. The number of rotatable bonds is 6. The van der Waals surface area contributed by atoms with Gasteiger partial charge in [-0.05, 0) is 19.1 Å². The molecule has 0 unspecified atom stereocenters. The fourth-order valence-corrected chi connectivity index (χ4v) is 3.79. The van der Waals surface area contributed by atoms with Crippen LogP contribution in [0.5, 0.6) is 0 Å². The number of aromatic nitrogens is 4. The molecule has 0 aliphatic carbocycles. The largest absolute Gasteiger partial charge is 0.419 e. The highest BCUT2D eigenvalue weighted by Crippen LogP contribution is 2.33. The van der Waals surface area contributed by atoms with Gasteiger partial charge in [-0.2, -0.15) is 0 Å². The third kappa shape index (κ3) is 2.58. The summed E-state index contributed by atoms with van der Waals surface area (Å²) < 4.78 is 9.09. The first-order valence-corrected chi connectivity index (χ1v) is 8.60. The Kier molecular flexibility index (Phi) is 4.01. The zero-order valence-corrected chi connectivity index (χ0v) is 14.0. The van der Waals surface area contributed by atoms with Gasteiger partial charge in [-0.25, -0.2) is 4.98 Å². The standard InChI is InChI=1S/C16H17N5O2S/c1-10-14(15-20-19-13(23-15)6-7-17-8-9-22)21-11-4-2-3-5-12(11)24-16(21)18-10/h2-5,17,22H,6-9H2,1H3. The first kappa shape index (κ1) is 15.3. The normalized spacial score (nSPS) is 11.8. The van der Waals surface area contributed by atoms with Crippen LogP contribution in [0.2, 0.25) is 0 Å². The number of nitrogens with one attached hydrogen (secondary N) is 1. The number of aliphatic hydroxyl groups excluding tert-OH is 1. The summed E-state index contributed by atoms with van der Waals surface area (Å²) >= 11 is 1.65. The summed E-state index contributed by atoms with van der Waals surface area (Å²) in [5.41, 5.74) is 2.82. The fraction of sp³-hybridized carbons (Fsp3) is 0.312. The second-order valence-electron chi connectivity index (χ2n) is 5.46. The Hall–Kier alpha value is -2.29. The molecule has 8 heteroatoms. The summed E-state index contributed by atoms with van der Waals surface area (Å²) in [4.78, 5) is 5.56. The number of thiazole rings is 1. The van der Waals surface area contributed by atoms with Crippen LogP contribution in [0, 0.1) is 6.92 Å². The Bertz CT molecular complexity index is 987. The van der Waals surface area contributed by atoms with Crippen molar-refractivity contribution in [1.82, 2.24) is 24.9 Å². The van der Waals surface area contributed by atoms with Crippen LogP contribution in [0.15, 0.2) is 28.7 Å². The van der Waals surface area contributed by atoms with Crippen LogP contribution in [0.25, 0.3) is 26.8 Å². The van der Waals surface area contributed by atoms with E-state index in [1.165, 1.54) is 4.70 Å². The lowest BCUT2D eigenvalue weighted by molar-refractivity contribution is 0.292. The third-order valence-corrected chi connectivity index (χ3v) is 4.82. The molecule has 7 nitrogen and oxygen atoms in total. The number of aliphatic hydroxyl groups is 1. The molecule has 24 heavy (non-hydrogen) atoms. The first-order valence-electron chi connectivity index (χ1n) is 7.79.